The second kappa shape index (κ2) is 6.22. The molecule has 0 bridgehead atoms. The van der Waals surface area contributed by atoms with Crippen LogP contribution in [-0.2, 0) is 9.53 Å². The van der Waals surface area contributed by atoms with Gasteiger partial charge in [-0.05, 0) is 38.5 Å². The average Bonchev–Trinajstić information content (AvgIpc) is 2.38. The molecule has 110 valence electrons. The molecule has 1 heterocycles. The summed E-state index contributed by atoms with van der Waals surface area (Å²) in [6.07, 6.45) is 0.110. The molecule has 1 N–H and O–H groups in total. The predicted molar refractivity (Wildman–Crippen MR) is 76.2 cm³/mol. The van der Waals surface area contributed by atoms with E-state index in [2.05, 4.69) is 5.32 Å². The zero-order valence-corrected chi connectivity index (χ0v) is 12.1. The summed E-state index contributed by atoms with van der Waals surface area (Å²) in [5, 5.41) is 2.97. The minimum atomic E-state index is -0.268. The lowest BCUT2D eigenvalue weighted by Gasteiger charge is -2.35. The highest BCUT2D eigenvalue weighted by Gasteiger charge is 2.25. The molecular formula is C15H21FN2O2. The van der Waals surface area contributed by atoms with Crippen LogP contribution in [0.1, 0.15) is 19.4 Å². The number of morpholine rings is 1. The van der Waals surface area contributed by atoms with Crippen molar-refractivity contribution in [2.24, 2.45) is 0 Å². The number of nitrogens with zero attached hydrogens (tertiary/aromatic N) is 1. The number of hydrogen-bond acceptors (Lipinski definition) is 3. The first-order chi connectivity index (χ1) is 9.45. The number of halogens is 1. The van der Waals surface area contributed by atoms with Gasteiger partial charge in [-0.3, -0.25) is 4.79 Å². The molecule has 1 saturated heterocycles. The highest BCUT2D eigenvalue weighted by Crippen LogP contribution is 2.14. The molecule has 1 aliphatic heterocycles. The van der Waals surface area contributed by atoms with E-state index >= 15 is 0 Å². The van der Waals surface area contributed by atoms with Gasteiger partial charge >= 0.3 is 0 Å². The van der Waals surface area contributed by atoms with Crippen LogP contribution in [0, 0.1) is 12.7 Å². The third-order valence-corrected chi connectivity index (χ3v) is 3.39. The molecule has 1 aromatic rings. The first kappa shape index (κ1) is 14.8. The maximum absolute atomic E-state index is 13.4. The molecule has 0 saturated carbocycles. The Bertz CT molecular complexity index is 483. The normalized spacial score (nSPS) is 22.7. The molecule has 0 aliphatic carbocycles. The number of carbonyl (C=O) groups excluding carboxylic acids is 1. The zero-order valence-electron chi connectivity index (χ0n) is 12.1. The second-order valence-corrected chi connectivity index (χ2v) is 5.37. The molecule has 2 unspecified atom stereocenters. The fraction of sp³-hybridized carbons (Fsp3) is 0.533. The zero-order chi connectivity index (χ0) is 14.7. The molecule has 1 aliphatic rings. The van der Waals surface area contributed by atoms with E-state index in [-0.39, 0.29) is 30.5 Å². The molecule has 0 spiro atoms. The van der Waals surface area contributed by atoms with Crippen LogP contribution >= 0.6 is 0 Å². The van der Waals surface area contributed by atoms with Crippen molar-refractivity contribution in [1.29, 1.82) is 0 Å². The largest absolute Gasteiger partial charge is 0.376 e. The van der Waals surface area contributed by atoms with Crippen molar-refractivity contribution < 1.29 is 13.9 Å². The summed E-state index contributed by atoms with van der Waals surface area (Å²) >= 11 is 0. The number of rotatable bonds is 3. The van der Waals surface area contributed by atoms with Crippen molar-refractivity contribution in [3.63, 3.8) is 0 Å². The van der Waals surface area contributed by atoms with Gasteiger partial charge in [0.2, 0.25) is 5.91 Å². The number of benzene rings is 1. The van der Waals surface area contributed by atoms with Crippen molar-refractivity contribution in [3.05, 3.63) is 29.6 Å². The van der Waals surface area contributed by atoms with Gasteiger partial charge in [-0.1, -0.05) is 6.07 Å². The Morgan fingerprint density at radius 3 is 2.65 bits per heavy atom. The summed E-state index contributed by atoms with van der Waals surface area (Å²) in [6.45, 7) is 7.00. The molecule has 1 aromatic carbocycles. The Balaban J connectivity index is 1.89. The Morgan fingerprint density at radius 2 is 2.05 bits per heavy atom. The highest BCUT2D eigenvalue weighted by atomic mass is 19.1. The van der Waals surface area contributed by atoms with Gasteiger partial charge in [0, 0.05) is 18.8 Å². The first-order valence-corrected chi connectivity index (χ1v) is 6.89. The standard InChI is InChI=1S/C15H21FN2O2/c1-10-4-5-13(6-14(10)16)17-7-15(19)18-8-11(2)20-12(3)9-18/h4-6,11-12,17H,7-9H2,1-3H3. The summed E-state index contributed by atoms with van der Waals surface area (Å²) < 4.78 is 19.0. The molecule has 5 heteroatoms. The van der Waals surface area contributed by atoms with E-state index in [1.165, 1.54) is 6.07 Å². The Labute approximate surface area is 118 Å². The molecule has 2 atom stereocenters. The number of carbonyl (C=O) groups is 1. The average molecular weight is 280 g/mol. The highest BCUT2D eigenvalue weighted by molar-refractivity contribution is 5.81. The smallest absolute Gasteiger partial charge is 0.242 e. The van der Waals surface area contributed by atoms with Crippen LogP contribution in [-0.4, -0.2) is 42.6 Å². The molecule has 0 radical (unpaired) electrons. The van der Waals surface area contributed by atoms with Crippen molar-refractivity contribution in [3.8, 4) is 0 Å². The van der Waals surface area contributed by atoms with Crippen LogP contribution in [0.15, 0.2) is 18.2 Å². The lowest BCUT2D eigenvalue weighted by atomic mass is 10.2. The van der Waals surface area contributed by atoms with Crippen LogP contribution in [0.2, 0.25) is 0 Å². The Morgan fingerprint density at radius 1 is 1.40 bits per heavy atom. The van der Waals surface area contributed by atoms with Crippen LogP contribution in [0.25, 0.3) is 0 Å². The van der Waals surface area contributed by atoms with Gasteiger partial charge in [-0.2, -0.15) is 0 Å². The summed E-state index contributed by atoms with van der Waals surface area (Å²) in [4.78, 5) is 13.9. The number of ether oxygens (including phenoxy) is 1. The summed E-state index contributed by atoms with van der Waals surface area (Å²) in [5.41, 5.74) is 1.22. The monoisotopic (exact) mass is 280 g/mol. The minimum absolute atomic E-state index is 0.00739. The molecule has 0 aromatic heterocycles. The van der Waals surface area contributed by atoms with Crippen LogP contribution in [0.3, 0.4) is 0 Å². The molecule has 1 fully saturated rings. The van der Waals surface area contributed by atoms with E-state index in [0.717, 1.165) is 0 Å². The maximum atomic E-state index is 13.4. The topological polar surface area (TPSA) is 41.6 Å². The van der Waals surface area contributed by atoms with Crippen LogP contribution in [0.5, 0.6) is 0 Å². The second-order valence-electron chi connectivity index (χ2n) is 5.37. The van der Waals surface area contributed by atoms with Gasteiger partial charge in [0.1, 0.15) is 5.82 Å². The van der Waals surface area contributed by atoms with Gasteiger partial charge in [0.05, 0.1) is 18.8 Å². The van der Waals surface area contributed by atoms with E-state index in [9.17, 15) is 9.18 Å². The Kier molecular flexibility index (Phi) is 4.60. The quantitative estimate of drug-likeness (QED) is 0.922. The van der Waals surface area contributed by atoms with Gasteiger partial charge < -0.3 is 15.0 Å². The van der Waals surface area contributed by atoms with Crippen molar-refractivity contribution in [2.45, 2.75) is 33.0 Å². The van der Waals surface area contributed by atoms with E-state index in [4.69, 9.17) is 4.74 Å². The van der Waals surface area contributed by atoms with Crippen molar-refractivity contribution in [1.82, 2.24) is 4.90 Å². The number of aryl methyl sites for hydroxylation is 1. The number of amides is 1. The molecular weight excluding hydrogens is 259 g/mol. The minimum Gasteiger partial charge on any atom is -0.376 e. The van der Waals surface area contributed by atoms with Crippen molar-refractivity contribution >= 4 is 11.6 Å². The van der Waals surface area contributed by atoms with Crippen LogP contribution in [0.4, 0.5) is 10.1 Å². The SMILES string of the molecule is Cc1ccc(NCC(=O)N2CC(C)OC(C)C2)cc1F. The summed E-state index contributed by atoms with van der Waals surface area (Å²) in [7, 11) is 0. The maximum Gasteiger partial charge on any atom is 0.242 e. The molecule has 1 amide bonds. The number of nitrogens with one attached hydrogen (secondary N) is 1. The molecule has 20 heavy (non-hydrogen) atoms. The van der Waals surface area contributed by atoms with Gasteiger partial charge in [-0.15, -0.1) is 0 Å². The fourth-order valence-corrected chi connectivity index (χ4v) is 2.37. The van der Waals surface area contributed by atoms with Gasteiger partial charge in [0.15, 0.2) is 0 Å². The predicted octanol–water partition coefficient (Wildman–Crippen LogP) is 2.18. The molecule has 2 rings (SSSR count). The van der Waals surface area contributed by atoms with Crippen LogP contribution < -0.4 is 5.32 Å². The van der Waals surface area contributed by atoms with E-state index < -0.39 is 0 Å². The number of anilines is 1. The summed E-state index contributed by atoms with van der Waals surface area (Å²) in [5.74, 6) is -0.260. The fourth-order valence-electron chi connectivity index (χ4n) is 2.37. The number of hydrogen-bond donors (Lipinski definition) is 1. The lowest BCUT2D eigenvalue weighted by molar-refractivity contribution is -0.141. The van der Waals surface area contributed by atoms with Gasteiger partial charge in [0.25, 0.3) is 0 Å². The lowest BCUT2D eigenvalue weighted by Crippen LogP contribution is -2.49. The van der Waals surface area contributed by atoms with Crippen molar-refractivity contribution in [2.75, 3.05) is 25.0 Å². The summed E-state index contributed by atoms with van der Waals surface area (Å²) in [6, 6.07) is 4.88. The van der Waals surface area contributed by atoms with E-state index in [0.29, 0.717) is 24.3 Å². The van der Waals surface area contributed by atoms with E-state index in [1.54, 1.807) is 24.0 Å². The van der Waals surface area contributed by atoms with E-state index in [1.807, 2.05) is 13.8 Å². The third-order valence-electron chi connectivity index (χ3n) is 3.39. The Hall–Kier alpha value is -1.62. The molecule has 4 nitrogen and oxygen atoms in total. The van der Waals surface area contributed by atoms with Gasteiger partial charge in [-0.25, -0.2) is 4.39 Å². The third kappa shape index (κ3) is 3.70. The first-order valence-electron chi connectivity index (χ1n) is 6.89.